The average Bonchev–Trinajstić information content (AvgIpc) is 2.28. The zero-order valence-electron chi connectivity index (χ0n) is 10.2. The van der Waals surface area contributed by atoms with Crippen molar-refractivity contribution in [1.29, 1.82) is 0 Å². The maximum Gasteiger partial charge on any atom is 0.303 e. The van der Waals surface area contributed by atoms with Gasteiger partial charge >= 0.3 is 5.92 Å². The highest BCUT2D eigenvalue weighted by atomic mass is 35.5. The Morgan fingerprint density at radius 3 is 2.39 bits per heavy atom. The zero-order valence-corrected chi connectivity index (χ0v) is 11.0. The number of aliphatic imine (C=N–C) groups is 1. The normalized spacial score (nSPS) is 12.4. The predicted octanol–water partition coefficient (Wildman–Crippen LogP) is 4.57. The van der Waals surface area contributed by atoms with Crippen molar-refractivity contribution in [3.63, 3.8) is 0 Å². The molecule has 0 aliphatic carbocycles. The Labute approximate surface area is 110 Å². The van der Waals surface area contributed by atoms with Crippen molar-refractivity contribution in [2.75, 3.05) is 7.11 Å². The summed E-state index contributed by atoms with van der Waals surface area (Å²) in [5.41, 5.74) is 0.699. The molecule has 0 heterocycles. The molecule has 0 aromatic heterocycles. The smallest absolute Gasteiger partial charge is 0.303 e. The van der Waals surface area contributed by atoms with Crippen molar-refractivity contribution in [3.05, 3.63) is 36.4 Å². The average molecular weight is 274 g/mol. The van der Waals surface area contributed by atoms with Gasteiger partial charge in [-0.3, -0.25) is 0 Å². The van der Waals surface area contributed by atoms with E-state index < -0.39 is 17.5 Å². The van der Waals surface area contributed by atoms with Gasteiger partial charge in [-0.1, -0.05) is 23.8 Å². The molecule has 0 atom stereocenters. The lowest BCUT2D eigenvalue weighted by molar-refractivity contribution is 0.0820. The largest absolute Gasteiger partial charge is 0.497 e. The van der Waals surface area contributed by atoms with Gasteiger partial charge in [0, 0.05) is 6.42 Å². The number of hydrogen-bond acceptors (Lipinski definition) is 2. The van der Waals surface area contributed by atoms with Crippen LogP contribution < -0.4 is 4.74 Å². The minimum atomic E-state index is -3.19. The second kappa shape index (κ2) is 5.96. The van der Waals surface area contributed by atoms with E-state index in [-0.39, 0.29) is 0 Å². The molecule has 0 aliphatic rings. The molecule has 5 heteroatoms. The Kier molecular flexibility index (Phi) is 4.84. The van der Waals surface area contributed by atoms with E-state index in [0.29, 0.717) is 17.0 Å². The molecule has 0 saturated carbocycles. The van der Waals surface area contributed by atoms with E-state index in [1.807, 2.05) is 0 Å². The SMILES string of the molecule is C=C(C)CC(F)(F)C(Cl)=Nc1ccc(OC)cc1. The molecule has 0 amide bonds. The van der Waals surface area contributed by atoms with Crippen molar-refractivity contribution in [2.45, 2.75) is 19.3 Å². The summed E-state index contributed by atoms with van der Waals surface area (Å²) in [6, 6.07) is 6.36. The molecular weight excluding hydrogens is 260 g/mol. The van der Waals surface area contributed by atoms with Crippen molar-refractivity contribution in [3.8, 4) is 5.75 Å². The molecule has 0 radical (unpaired) electrons. The molecule has 18 heavy (non-hydrogen) atoms. The van der Waals surface area contributed by atoms with Gasteiger partial charge in [0.25, 0.3) is 0 Å². The number of alkyl halides is 2. The number of halogens is 3. The molecule has 0 aliphatic heterocycles. The van der Waals surface area contributed by atoms with Gasteiger partial charge in [0.2, 0.25) is 0 Å². The number of allylic oxidation sites excluding steroid dienone is 1. The molecule has 98 valence electrons. The maximum atomic E-state index is 13.6. The Hall–Kier alpha value is -1.42. The number of methoxy groups -OCH3 is 1. The summed E-state index contributed by atoms with van der Waals surface area (Å²) in [5.74, 6) is -2.56. The van der Waals surface area contributed by atoms with Crippen LogP contribution >= 0.6 is 11.6 Å². The van der Waals surface area contributed by atoms with Gasteiger partial charge in [0.05, 0.1) is 12.8 Å². The van der Waals surface area contributed by atoms with Crippen LogP contribution in [-0.2, 0) is 0 Å². The summed E-state index contributed by atoms with van der Waals surface area (Å²) in [6.07, 6.45) is -0.508. The standard InChI is InChI=1S/C13H14ClF2NO/c1-9(2)8-13(15,16)12(14)17-10-4-6-11(18-3)7-5-10/h4-7H,1,8H2,2-3H3. The van der Waals surface area contributed by atoms with Gasteiger partial charge in [-0.05, 0) is 31.2 Å². The zero-order chi connectivity index (χ0) is 13.8. The number of hydrogen-bond donors (Lipinski definition) is 0. The lowest BCUT2D eigenvalue weighted by Gasteiger charge is -2.14. The van der Waals surface area contributed by atoms with E-state index >= 15 is 0 Å². The van der Waals surface area contributed by atoms with E-state index in [0.717, 1.165) is 0 Å². The first-order valence-electron chi connectivity index (χ1n) is 5.26. The fraction of sp³-hybridized carbons (Fsp3) is 0.308. The fourth-order valence-corrected chi connectivity index (χ4v) is 1.47. The van der Waals surface area contributed by atoms with Crippen LogP contribution in [0.3, 0.4) is 0 Å². The van der Waals surface area contributed by atoms with E-state index in [1.165, 1.54) is 14.0 Å². The van der Waals surface area contributed by atoms with Crippen molar-refractivity contribution >= 4 is 22.5 Å². The van der Waals surface area contributed by atoms with Gasteiger partial charge in [-0.15, -0.1) is 0 Å². The van der Waals surface area contributed by atoms with Gasteiger partial charge in [-0.2, -0.15) is 8.78 Å². The number of ether oxygens (including phenoxy) is 1. The number of nitrogens with zero attached hydrogens (tertiary/aromatic N) is 1. The maximum absolute atomic E-state index is 13.6. The third-order valence-corrected chi connectivity index (χ3v) is 2.49. The minimum Gasteiger partial charge on any atom is -0.497 e. The Balaban J connectivity index is 2.90. The van der Waals surface area contributed by atoms with E-state index in [1.54, 1.807) is 24.3 Å². The highest BCUT2D eigenvalue weighted by Gasteiger charge is 2.34. The highest BCUT2D eigenvalue weighted by Crippen LogP contribution is 2.29. The topological polar surface area (TPSA) is 21.6 Å². The second-order valence-electron chi connectivity index (χ2n) is 3.94. The lowest BCUT2D eigenvalue weighted by atomic mass is 10.1. The van der Waals surface area contributed by atoms with Crippen LogP contribution in [0.1, 0.15) is 13.3 Å². The molecule has 1 rings (SSSR count). The van der Waals surface area contributed by atoms with Gasteiger partial charge in [0.15, 0.2) is 5.17 Å². The van der Waals surface area contributed by atoms with Crippen LogP contribution in [0, 0.1) is 0 Å². The summed E-state index contributed by atoms with van der Waals surface area (Å²) in [7, 11) is 1.52. The van der Waals surface area contributed by atoms with Crippen LogP contribution in [0.25, 0.3) is 0 Å². The fourth-order valence-electron chi connectivity index (χ4n) is 1.30. The number of benzene rings is 1. The highest BCUT2D eigenvalue weighted by molar-refractivity contribution is 6.67. The van der Waals surface area contributed by atoms with Crippen LogP contribution in [0.15, 0.2) is 41.4 Å². The Bertz CT molecular complexity index is 455. The van der Waals surface area contributed by atoms with Crippen molar-refractivity contribution in [1.82, 2.24) is 0 Å². The first kappa shape index (κ1) is 14.6. The number of rotatable bonds is 5. The molecule has 1 aromatic carbocycles. The van der Waals surface area contributed by atoms with E-state index in [9.17, 15) is 8.78 Å². The van der Waals surface area contributed by atoms with Gasteiger partial charge in [-0.25, -0.2) is 4.99 Å². The quantitative estimate of drug-likeness (QED) is 0.569. The lowest BCUT2D eigenvalue weighted by Crippen LogP contribution is -2.24. The van der Waals surface area contributed by atoms with Crippen LogP contribution in [-0.4, -0.2) is 18.2 Å². The molecule has 2 nitrogen and oxygen atoms in total. The van der Waals surface area contributed by atoms with Gasteiger partial charge in [0.1, 0.15) is 5.75 Å². The Morgan fingerprint density at radius 1 is 1.39 bits per heavy atom. The molecule has 0 spiro atoms. The Morgan fingerprint density at radius 2 is 1.94 bits per heavy atom. The van der Waals surface area contributed by atoms with Crippen molar-refractivity contribution < 1.29 is 13.5 Å². The van der Waals surface area contributed by atoms with E-state index in [4.69, 9.17) is 16.3 Å². The first-order valence-corrected chi connectivity index (χ1v) is 5.64. The third kappa shape index (κ3) is 4.11. The second-order valence-corrected chi connectivity index (χ2v) is 4.30. The molecule has 0 fully saturated rings. The molecular formula is C13H14ClF2NO. The predicted molar refractivity (Wildman–Crippen MR) is 70.3 cm³/mol. The summed E-state index contributed by atoms with van der Waals surface area (Å²) in [6.45, 7) is 4.96. The molecule has 1 aromatic rings. The third-order valence-electron chi connectivity index (χ3n) is 2.13. The minimum absolute atomic E-state index is 0.349. The van der Waals surface area contributed by atoms with Gasteiger partial charge < -0.3 is 4.74 Å². The van der Waals surface area contributed by atoms with Crippen molar-refractivity contribution in [2.24, 2.45) is 4.99 Å². The monoisotopic (exact) mass is 273 g/mol. The summed E-state index contributed by atoms with van der Waals surface area (Å²) in [4.78, 5) is 3.69. The summed E-state index contributed by atoms with van der Waals surface area (Å²) < 4.78 is 32.1. The first-order chi connectivity index (χ1) is 8.35. The summed E-state index contributed by atoms with van der Waals surface area (Å²) >= 11 is 5.55. The molecule has 0 unspecified atom stereocenters. The molecule has 0 bridgehead atoms. The van der Waals surface area contributed by atoms with Crippen LogP contribution in [0.2, 0.25) is 0 Å². The van der Waals surface area contributed by atoms with Crippen LogP contribution in [0.5, 0.6) is 5.75 Å². The molecule has 0 N–H and O–H groups in total. The summed E-state index contributed by atoms with van der Waals surface area (Å²) in [5, 5.41) is -0.740. The van der Waals surface area contributed by atoms with E-state index in [2.05, 4.69) is 11.6 Å². The van der Waals surface area contributed by atoms with Crippen LogP contribution in [0.4, 0.5) is 14.5 Å². The molecule has 0 saturated heterocycles.